The summed E-state index contributed by atoms with van der Waals surface area (Å²) in [5, 5.41) is 8.16. The van der Waals surface area contributed by atoms with Crippen LogP contribution < -0.4 is 0 Å². The largest absolute Gasteiger partial charge is 0.477 e. The van der Waals surface area contributed by atoms with E-state index in [2.05, 4.69) is 4.74 Å². The fourth-order valence-corrected chi connectivity index (χ4v) is 0.870. The van der Waals surface area contributed by atoms with Crippen LogP contribution in [0.15, 0.2) is 0 Å². The van der Waals surface area contributed by atoms with E-state index in [1.54, 1.807) is 6.92 Å². The summed E-state index contributed by atoms with van der Waals surface area (Å²) >= 11 is 0. The van der Waals surface area contributed by atoms with Crippen molar-refractivity contribution >= 4 is 5.97 Å². The van der Waals surface area contributed by atoms with Gasteiger partial charge in [0.25, 0.3) is 0 Å². The van der Waals surface area contributed by atoms with Crippen molar-refractivity contribution in [2.24, 2.45) is 0 Å². The van der Waals surface area contributed by atoms with Crippen LogP contribution in [0.3, 0.4) is 0 Å². The average molecular weight is 278 g/mol. The highest BCUT2D eigenvalue weighted by atomic mass is 19.4. The van der Waals surface area contributed by atoms with Gasteiger partial charge in [-0.25, -0.2) is 4.79 Å². The molecule has 0 radical (unpaired) electrons. The van der Waals surface area contributed by atoms with Crippen molar-refractivity contribution in [1.29, 1.82) is 0 Å². The fraction of sp³-hybridized carbons (Fsp3) is 0.889. The zero-order chi connectivity index (χ0) is 14.2. The number of carboxylic acids is 1. The topological polar surface area (TPSA) is 65.0 Å². The summed E-state index contributed by atoms with van der Waals surface area (Å²) in [6.07, 6.45) is -5.65. The summed E-state index contributed by atoms with van der Waals surface area (Å²) in [5.74, 6) is -7.46. The molecular formula is C9H14F4O5. The second kappa shape index (κ2) is 7.49. The summed E-state index contributed by atoms with van der Waals surface area (Å²) < 4.78 is 62.6. The van der Waals surface area contributed by atoms with Crippen molar-refractivity contribution in [1.82, 2.24) is 0 Å². The third-order valence-electron chi connectivity index (χ3n) is 1.74. The van der Waals surface area contributed by atoms with E-state index in [1.807, 2.05) is 0 Å². The molecule has 0 aromatic rings. The molecule has 0 aliphatic heterocycles. The highest BCUT2D eigenvalue weighted by molar-refractivity contribution is 5.76. The van der Waals surface area contributed by atoms with E-state index < -0.39 is 24.6 Å². The Morgan fingerprint density at radius 3 is 2.00 bits per heavy atom. The Kier molecular flexibility index (Phi) is 7.11. The van der Waals surface area contributed by atoms with Crippen molar-refractivity contribution in [3.05, 3.63) is 0 Å². The lowest BCUT2D eigenvalue weighted by molar-refractivity contribution is -0.323. The maximum atomic E-state index is 13.0. The molecule has 0 saturated carbocycles. The summed E-state index contributed by atoms with van der Waals surface area (Å²) in [6, 6.07) is 0. The van der Waals surface area contributed by atoms with Crippen LogP contribution in [0.2, 0.25) is 0 Å². The van der Waals surface area contributed by atoms with Gasteiger partial charge < -0.3 is 19.3 Å². The normalized spacial score (nSPS) is 15.4. The highest BCUT2D eigenvalue weighted by Crippen LogP contribution is 2.35. The van der Waals surface area contributed by atoms with E-state index in [0.717, 1.165) is 0 Å². The molecule has 0 spiro atoms. The standard InChI is InChI=1S/C9H14F4O5/c1-2-16-3-4-17-5-6-18-8(10,7(14)15)9(11,12)13/h2-6H2,1H3,(H,14,15). The number of carbonyl (C=O) groups is 1. The molecule has 108 valence electrons. The zero-order valence-corrected chi connectivity index (χ0v) is 9.63. The number of halogens is 4. The van der Waals surface area contributed by atoms with Crippen LogP contribution >= 0.6 is 0 Å². The van der Waals surface area contributed by atoms with Gasteiger partial charge in [-0.3, -0.25) is 0 Å². The van der Waals surface area contributed by atoms with Crippen LogP contribution in [0.25, 0.3) is 0 Å². The molecule has 1 N–H and O–H groups in total. The first-order valence-electron chi connectivity index (χ1n) is 5.04. The monoisotopic (exact) mass is 278 g/mol. The maximum Gasteiger partial charge on any atom is 0.460 e. The lowest BCUT2D eigenvalue weighted by Crippen LogP contribution is -2.51. The van der Waals surface area contributed by atoms with Crippen LogP contribution in [-0.4, -0.2) is 56.1 Å². The van der Waals surface area contributed by atoms with E-state index in [9.17, 15) is 22.4 Å². The predicted octanol–water partition coefficient (Wildman–Crippen LogP) is 1.37. The third kappa shape index (κ3) is 5.15. The van der Waals surface area contributed by atoms with Gasteiger partial charge in [0.15, 0.2) is 0 Å². The number of alkyl halides is 4. The van der Waals surface area contributed by atoms with E-state index in [1.165, 1.54) is 0 Å². The second-order valence-corrected chi connectivity index (χ2v) is 3.06. The Morgan fingerprint density at radius 1 is 1.06 bits per heavy atom. The van der Waals surface area contributed by atoms with Crippen molar-refractivity contribution < 1.29 is 41.7 Å². The van der Waals surface area contributed by atoms with E-state index in [-0.39, 0.29) is 19.8 Å². The average Bonchev–Trinajstić information content (AvgIpc) is 2.25. The van der Waals surface area contributed by atoms with Gasteiger partial charge in [0.2, 0.25) is 0 Å². The van der Waals surface area contributed by atoms with Gasteiger partial charge >= 0.3 is 18.0 Å². The first kappa shape index (κ1) is 17.1. The predicted molar refractivity (Wildman–Crippen MR) is 50.8 cm³/mol. The molecule has 0 saturated heterocycles. The lowest BCUT2D eigenvalue weighted by atomic mass is 10.3. The first-order chi connectivity index (χ1) is 8.25. The lowest BCUT2D eigenvalue weighted by Gasteiger charge is -2.23. The zero-order valence-electron chi connectivity index (χ0n) is 9.63. The number of hydrogen-bond acceptors (Lipinski definition) is 4. The number of rotatable bonds is 9. The quantitative estimate of drug-likeness (QED) is 0.509. The Morgan fingerprint density at radius 2 is 1.56 bits per heavy atom. The van der Waals surface area contributed by atoms with Crippen LogP contribution in [-0.2, 0) is 19.0 Å². The molecule has 0 aliphatic carbocycles. The molecule has 5 nitrogen and oxygen atoms in total. The number of ether oxygens (including phenoxy) is 3. The smallest absolute Gasteiger partial charge is 0.460 e. The molecule has 0 bridgehead atoms. The Hall–Kier alpha value is -0.930. The summed E-state index contributed by atoms with van der Waals surface area (Å²) in [6.45, 7) is 1.32. The number of hydrogen-bond donors (Lipinski definition) is 1. The van der Waals surface area contributed by atoms with Gasteiger partial charge in [-0.1, -0.05) is 0 Å². The van der Waals surface area contributed by atoms with E-state index in [4.69, 9.17) is 14.6 Å². The Balaban J connectivity index is 3.97. The van der Waals surface area contributed by atoms with Crippen molar-refractivity contribution in [2.45, 2.75) is 19.0 Å². The van der Waals surface area contributed by atoms with Crippen molar-refractivity contribution in [2.75, 3.05) is 33.0 Å². The SMILES string of the molecule is CCOCCOCCOC(F)(C(=O)O)C(F)(F)F. The van der Waals surface area contributed by atoms with Gasteiger partial charge in [-0.2, -0.15) is 17.6 Å². The molecule has 0 fully saturated rings. The molecule has 0 aromatic carbocycles. The molecule has 0 aromatic heterocycles. The fourth-order valence-electron chi connectivity index (χ4n) is 0.870. The van der Waals surface area contributed by atoms with Crippen LogP contribution in [0.4, 0.5) is 17.6 Å². The van der Waals surface area contributed by atoms with Gasteiger partial charge in [-0.15, -0.1) is 0 Å². The van der Waals surface area contributed by atoms with Crippen molar-refractivity contribution in [3.63, 3.8) is 0 Å². The molecule has 9 heteroatoms. The molecule has 1 atom stereocenters. The minimum absolute atomic E-state index is 0.0928. The van der Waals surface area contributed by atoms with Gasteiger partial charge in [-0.05, 0) is 6.92 Å². The molecular weight excluding hydrogens is 264 g/mol. The molecule has 0 amide bonds. The maximum absolute atomic E-state index is 13.0. The minimum atomic E-state index is -5.65. The molecule has 1 unspecified atom stereocenters. The first-order valence-corrected chi connectivity index (χ1v) is 5.04. The second-order valence-electron chi connectivity index (χ2n) is 3.06. The van der Waals surface area contributed by atoms with Gasteiger partial charge in [0.05, 0.1) is 26.4 Å². The summed E-state index contributed by atoms with van der Waals surface area (Å²) in [4.78, 5) is 10.2. The minimum Gasteiger partial charge on any atom is -0.477 e. The van der Waals surface area contributed by atoms with Crippen LogP contribution in [0, 0.1) is 0 Å². The molecule has 18 heavy (non-hydrogen) atoms. The van der Waals surface area contributed by atoms with Crippen molar-refractivity contribution in [3.8, 4) is 0 Å². The molecule has 0 rings (SSSR count). The Labute approximate surface area is 101 Å². The number of carboxylic acid groups (broad SMARTS) is 1. The Bertz CT molecular complexity index is 258. The molecule has 0 heterocycles. The number of aliphatic carboxylic acids is 1. The summed E-state index contributed by atoms with van der Waals surface area (Å²) in [7, 11) is 0. The van der Waals surface area contributed by atoms with Crippen LogP contribution in [0.5, 0.6) is 0 Å². The van der Waals surface area contributed by atoms with E-state index in [0.29, 0.717) is 6.61 Å². The van der Waals surface area contributed by atoms with Crippen LogP contribution in [0.1, 0.15) is 6.92 Å². The highest BCUT2D eigenvalue weighted by Gasteiger charge is 2.64. The van der Waals surface area contributed by atoms with Gasteiger partial charge in [0, 0.05) is 6.61 Å². The van der Waals surface area contributed by atoms with E-state index >= 15 is 0 Å². The third-order valence-corrected chi connectivity index (χ3v) is 1.74. The molecule has 0 aliphatic rings. The summed E-state index contributed by atoms with van der Waals surface area (Å²) in [5.41, 5.74) is 0. The van der Waals surface area contributed by atoms with Gasteiger partial charge in [0.1, 0.15) is 0 Å².